The van der Waals surface area contributed by atoms with Gasteiger partial charge < -0.3 is 15.5 Å². The topological polar surface area (TPSA) is 126 Å². The van der Waals surface area contributed by atoms with E-state index < -0.39 is 21.7 Å². The number of sulfone groups is 1. The van der Waals surface area contributed by atoms with E-state index in [0.717, 1.165) is 29.4 Å². The molecule has 1 saturated heterocycles. The number of ketones is 1. The van der Waals surface area contributed by atoms with Gasteiger partial charge in [-0.3, -0.25) is 14.4 Å². The third-order valence-electron chi connectivity index (χ3n) is 5.94. The summed E-state index contributed by atoms with van der Waals surface area (Å²) < 4.78 is 26.2. The van der Waals surface area contributed by atoms with Gasteiger partial charge in [-0.2, -0.15) is 0 Å². The zero-order valence-electron chi connectivity index (χ0n) is 18.6. The second-order valence-corrected chi connectivity index (χ2v) is 11.4. The van der Waals surface area contributed by atoms with Crippen molar-refractivity contribution in [1.29, 1.82) is 0 Å². The molecule has 0 unspecified atom stereocenters. The lowest BCUT2D eigenvalue weighted by atomic mass is 10.1. The Kier molecular flexibility index (Phi) is 6.12. The van der Waals surface area contributed by atoms with E-state index >= 15 is 0 Å². The number of carbonyl (C=O) groups is 3. The molecule has 2 aliphatic rings. The van der Waals surface area contributed by atoms with Crippen molar-refractivity contribution in [2.45, 2.75) is 35.6 Å². The SMILES string of the molecule is O=C1CCCCN(c2ncc(CNC(=O)c3ccc4c(c3)NC(=O)c3ccccc3S4(=O)=O)s2)C1. The van der Waals surface area contributed by atoms with Crippen molar-refractivity contribution in [2.24, 2.45) is 0 Å². The average molecular weight is 511 g/mol. The molecule has 0 spiro atoms. The number of anilines is 2. The molecule has 2 N–H and O–H groups in total. The van der Waals surface area contributed by atoms with Gasteiger partial charge in [0, 0.05) is 29.6 Å². The lowest BCUT2D eigenvalue weighted by Crippen LogP contribution is -2.28. The monoisotopic (exact) mass is 510 g/mol. The van der Waals surface area contributed by atoms with Crippen LogP contribution in [0.2, 0.25) is 0 Å². The maximum atomic E-state index is 13.1. The van der Waals surface area contributed by atoms with Gasteiger partial charge in [-0.1, -0.05) is 12.1 Å². The van der Waals surface area contributed by atoms with Crippen LogP contribution >= 0.6 is 11.3 Å². The molecule has 0 saturated carbocycles. The lowest BCUT2D eigenvalue weighted by molar-refractivity contribution is -0.117. The summed E-state index contributed by atoms with van der Waals surface area (Å²) in [5.41, 5.74) is 0.333. The number of hydrogen-bond donors (Lipinski definition) is 2. The molecule has 2 amide bonds. The summed E-state index contributed by atoms with van der Waals surface area (Å²) in [5.74, 6) is -0.765. The van der Waals surface area contributed by atoms with Gasteiger partial charge in [-0.25, -0.2) is 13.4 Å². The number of carbonyl (C=O) groups excluding carboxylic acids is 3. The van der Waals surface area contributed by atoms with Crippen LogP contribution in [-0.2, 0) is 21.2 Å². The molecule has 0 bridgehead atoms. The van der Waals surface area contributed by atoms with Crippen molar-refractivity contribution < 1.29 is 22.8 Å². The maximum Gasteiger partial charge on any atom is 0.257 e. The van der Waals surface area contributed by atoms with Crippen molar-refractivity contribution >= 4 is 49.6 Å². The largest absolute Gasteiger partial charge is 0.347 e. The first-order chi connectivity index (χ1) is 16.8. The summed E-state index contributed by atoms with van der Waals surface area (Å²) in [5, 5.41) is 6.17. The Labute approximate surface area is 206 Å². The normalized spacial score (nSPS) is 17.0. The molecule has 2 aromatic carbocycles. The van der Waals surface area contributed by atoms with Gasteiger partial charge in [0.1, 0.15) is 0 Å². The van der Waals surface area contributed by atoms with Gasteiger partial charge in [-0.15, -0.1) is 11.3 Å². The van der Waals surface area contributed by atoms with Crippen LogP contribution in [0.4, 0.5) is 10.8 Å². The highest BCUT2D eigenvalue weighted by atomic mass is 32.2. The zero-order chi connectivity index (χ0) is 24.6. The first kappa shape index (κ1) is 23.2. The summed E-state index contributed by atoms with van der Waals surface area (Å²) >= 11 is 1.42. The van der Waals surface area contributed by atoms with Gasteiger partial charge >= 0.3 is 0 Å². The van der Waals surface area contributed by atoms with Crippen molar-refractivity contribution in [3.63, 3.8) is 0 Å². The molecule has 9 nitrogen and oxygen atoms in total. The minimum atomic E-state index is -3.93. The fourth-order valence-corrected chi connectivity index (χ4v) is 6.62. The van der Waals surface area contributed by atoms with Gasteiger partial charge in [0.05, 0.1) is 34.1 Å². The van der Waals surface area contributed by atoms with E-state index in [1.54, 1.807) is 18.3 Å². The van der Waals surface area contributed by atoms with Crippen LogP contribution < -0.4 is 15.5 Å². The second-order valence-electron chi connectivity index (χ2n) is 8.37. The molecule has 0 aliphatic carbocycles. The Morgan fingerprint density at radius 1 is 1.11 bits per heavy atom. The van der Waals surface area contributed by atoms with Gasteiger partial charge in [-0.05, 0) is 43.2 Å². The zero-order valence-corrected chi connectivity index (χ0v) is 20.2. The predicted octanol–water partition coefficient (Wildman–Crippen LogP) is 3.03. The average Bonchev–Trinajstić information content (AvgIpc) is 3.19. The van der Waals surface area contributed by atoms with Crippen molar-refractivity contribution in [2.75, 3.05) is 23.3 Å². The highest BCUT2D eigenvalue weighted by molar-refractivity contribution is 7.91. The fraction of sp³-hybridized carbons (Fsp3) is 0.250. The van der Waals surface area contributed by atoms with Crippen LogP contribution in [0, 0.1) is 0 Å². The number of nitrogens with one attached hydrogen (secondary N) is 2. The number of Topliss-reactive ketones (excluding diaryl/α,β-unsaturated/α-hetero) is 1. The van der Waals surface area contributed by atoms with Gasteiger partial charge in [0.25, 0.3) is 11.8 Å². The third-order valence-corrected chi connectivity index (χ3v) is 8.86. The number of hydrogen-bond acceptors (Lipinski definition) is 8. The Hall–Kier alpha value is -3.57. The van der Waals surface area contributed by atoms with Crippen LogP contribution in [0.25, 0.3) is 0 Å². The molecule has 11 heteroatoms. The van der Waals surface area contributed by atoms with Crippen LogP contribution in [0.5, 0.6) is 0 Å². The standard InChI is InChI=1S/C24H22N4O5S2/c29-16-5-3-4-10-28(14-16)24-26-13-17(34-24)12-25-22(30)15-8-9-21-19(11-15)27-23(31)18-6-1-2-7-20(18)35(21,32)33/h1-2,6-9,11,13H,3-5,10,12,14H2,(H,25,30)(H,27,31). The van der Waals surface area contributed by atoms with Crippen LogP contribution in [-0.4, -0.2) is 44.1 Å². The van der Waals surface area contributed by atoms with E-state index in [0.29, 0.717) is 13.0 Å². The fourth-order valence-electron chi connectivity index (χ4n) is 4.15. The molecular formula is C24H22N4O5S2. The first-order valence-electron chi connectivity index (χ1n) is 11.1. The van der Waals surface area contributed by atoms with E-state index in [2.05, 4.69) is 15.6 Å². The van der Waals surface area contributed by atoms with Crippen LogP contribution in [0.3, 0.4) is 0 Å². The number of amides is 2. The van der Waals surface area contributed by atoms with Crippen molar-refractivity contribution in [3.05, 3.63) is 64.7 Å². The summed E-state index contributed by atoms with van der Waals surface area (Å²) in [7, 11) is -3.93. The third kappa shape index (κ3) is 4.56. The number of fused-ring (bicyclic) bond motifs is 2. The van der Waals surface area contributed by atoms with Crippen molar-refractivity contribution in [1.82, 2.24) is 10.3 Å². The minimum absolute atomic E-state index is 0.0572. The van der Waals surface area contributed by atoms with Gasteiger partial charge in [0.2, 0.25) is 9.84 Å². The lowest BCUT2D eigenvalue weighted by Gasteiger charge is -2.17. The van der Waals surface area contributed by atoms with Gasteiger partial charge in [0.15, 0.2) is 10.9 Å². The Morgan fingerprint density at radius 3 is 2.80 bits per heavy atom. The molecule has 180 valence electrons. The molecule has 5 rings (SSSR count). The maximum absolute atomic E-state index is 13.1. The molecule has 0 atom stereocenters. The van der Waals surface area contributed by atoms with Crippen molar-refractivity contribution in [3.8, 4) is 0 Å². The second kappa shape index (κ2) is 9.23. The molecular weight excluding hydrogens is 488 g/mol. The minimum Gasteiger partial charge on any atom is -0.347 e. The molecule has 3 heterocycles. The Morgan fingerprint density at radius 2 is 1.94 bits per heavy atom. The Bertz CT molecular complexity index is 1450. The summed E-state index contributed by atoms with van der Waals surface area (Å²) in [4.78, 5) is 44.4. The molecule has 3 aromatic rings. The molecule has 35 heavy (non-hydrogen) atoms. The molecule has 1 aromatic heterocycles. The number of rotatable bonds is 4. The van der Waals surface area contributed by atoms with E-state index in [1.165, 1.54) is 41.7 Å². The van der Waals surface area contributed by atoms with E-state index in [4.69, 9.17) is 0 Å². The first-order valence-corrected chi connectivity index (χ1v) is 13.4. The number of benzene rings is 2. The quantitative estimate of drug-likeness (QED) is 0.553. The predicted molar refractivity (Wildman–Crippen MR) is 131 cm³/mol. The highest BCUT2D eigenvalue weighted by Gasteiger charge is 2.31. The number of thiazole rings is 1. The Balaban J connectivity index is 1.32. The smallest absolute Gasteiger partial charge is 0.257 e. The van der Waals surface area contributed by atoms with Crippen LogP contribution in [0.15, 0.2) is 58.5 Å². The summed E-state index contributed by atoms with van der Waals surface area (Å²) in [6.07, 6.45) is 4.10. The summed E-state index contributed by atoms with van der Waals surface area (Å²) in [6.45, 7) is 1.36. The summed E-state index contributed by atoms with van der Waals surface area (Å²) in [6, 6.07) is 10.1. The van der Waals surface area contributed by atoms with E-state index in [9.17, 15) is 22.8 Å². The molecule has 2 aliphatic heterocycles. The number of aromatic nitrogens is 1. The van der Waals surface area contributed by atoms with E-state index in [-0.39, 0.29) is 38.9 Å². The van der Waals surface area contributed by atoms with Crippen LogP contribution in [0.1, 0.15) is 44.9 Å². The van der Waals surface area contributed by atoms with E-state index in [1.807, 2.05) is 4.90 Å². The molecule has 1 fully saturated rings. The molecule has 0 radical (unpaired) electrons. The number of nitrogens with zero attached hydrogens (tertiary/aromatic N) is 2. The highest BCUT2D eigenvalue weighted by Crippen LogP contribution is 2.34.